The summed E-state index contributed by atoms with van der Waals surface area (Å²) in [6.07, 6.45) is 8.26. The van der Waals surface area contributed by atoms with E-state index in [4.69, 9.17) is 0 Å². The van der Waals surface area contributed by atoms with Crippen LogP contribution in [0.1, 0.15) is 71.9 Å². The van der Waals surface area contributed by atoms with Gasteiger partial charge in [-0.2, -0.15) is 5.10 Å². The van der Waals surface area contributed by atoms with Gasteiger partial charge in [-0.25, -0.2) is 0 Å². The first-order chi connectivity index (χ1) is 13.2. The summed E-state index contributed by atoms with van der Waals surface area (Å²) in [5.41, 5.74) is 5.32. The van der Waals surface area contributed by atoms with Gasteiger partial charge in [-0.15, -0.1) is 0 Å². The van der Waals surface area contributed by atoms with Gasteiger partial charge in [-0.3, -0.25) is 14.8 Å². The van der Waals surface area contributed by atoms with Crippen molar-refractivity contribution >= 4 is 5.91 Å². The number of carbonyl (C=O) groups is 1. The number of carbonyl (C=O) groups excluding carboxylic acids is 1. The van der Waals surface area contributed by atoms with E-state index in [-0.39, 0.29) is 5.91 Å². The van der Waals surface area contributed by atoms with Crippen molar-refractivity contribution < 1.29 is 4.79 Å². The molecule has 144 valence electrons. The Labute approximate surface area is 161 Å². The van der Waals surface area contributed by atoms with Crippen LogP contribution in [0.3, 0.4) is 0 Å². The fourth-order valence-electron chi connectivity index (χ4n) is 4.32. The van der Waals surface area contributed by atoms with E-state index in [9.17, 15) is 4.79 Å². The number of aromatic amines is 1. The summed E-state index contributed by atoms with van der Waals surface area (Å²) in [5, 5.41) is 10.3. The Balaban J connectivity index is 1.32. The zero-order valence-corrected chi connectivity index (χ0v) is 16.3. The molecular weight excluding hydrogens is 336 g/mol. The monoisotopic (exact) mass is 366 g/mol. The molecule has 2 aromatic rings. The Kier molecular flexibility index (Phi) is 5.58. The van der Waals surface area contributed by atoms with Crippen molar-refractivity contribution in [1.29, 1.82) is 0 Å². The number of benzene rings is 1. The van der Waals surface area contributed by atoms with Gasteiger partial charge in [0.1, 0.15) is 0 Å². The van der Waals surface area contributed by atoms with Crippen molar-refractivity contribution in [2.75, 3.05) is 6.54 Å². The molecule has 1 atom stereocenters. The summed E-state index contributed by atoms with van der Waals surface area (Å²) >= 11 is 0. The summed E-state index contributed by atoms with van der Waals surface area (Å²) in [7, 11) is 0. The molecule has 0 bridgehead atoms. The highest BCUT2D eigenvalue weighted by atomic mass is 16.1. The number of aryl methyl sites for hydroxylation is 1. The molecule has 4 rings (SSSR count). The molecular formula is C22H30N4O. The van der Waals surface area contributed by atoms with Crippen LogP contribution in [0.25, 0.3) is 0 Å². The zero-order chi connectivity index (χ0) is 18.6. The molecule has 5 heteroatoms. The predicted molar refractivity (Wildman–Crippen MR) is 107 cm³/mol. The molecule has 1 saturated heterocycles. The number of fused-ring (bicyclic) bond motifs is 1. The summed E-state index contributed by atoms with van der Waals surface area (Å²) < 4.78 is 0. The Hall–Kier alpha value is -2.14. The van der Waals surface area contributed by atoms with Crippen LogP contribution in [0, 0.1) is 0 Å². The molecule has 1 aliphatic carbocycles. The Morgan fingerprint density at radius 2 is 1.93 bits per heavy atom. The van der Waals surface area contributed by atoms with Crippen molar-refractivity contribution in [3.05, 3.63) is 52.3 Å². The zero-order valence-electron chi connectivity index (χ0n) is 16.3. The Bertz CT molecular complexity index is 780. The first-order valence-corrected chi connectivity index (χ1v) is 10.4. The van der Waals surface area contributed by atoms with Crippen LogP contribution in [-0.4, -0.2) is 33.6 Å². The van der Waals surface area contributed by atoms with Crippen molar-refractivity contribution in [3.8, 4) is 0 Å². The number of likely N-dealkylation sites (tertiary alicyclic amines) is 1. The SMILES string of the molecule is CC1CCCCN1Cc1ccc(CNC(=O)c2n[nH]c3c2CCCC3)cc1. The van der Waals surface area contributed by atoms with E-state index >= 15 is 0 Å². The molecule has 2 heterocycles. The number of aromatic nitrogens is 2. The normalized spacial score (nSPS) is 20.3. The lowest BCUT2D eigenvalue weighted by Gasteiger charge is -2.33. The average molecular weight is 367 g/mol. The average Bonchev–Trinajstić information content (AvgIpc) is 3.13. The van der Waals surface area contributed by atoms with Crippen molar-refractivity contribution in [2.24, 2.45) is 0 Å². The first-order valence-electron chi connectivity index (χ1n) is 10.4. The van der Waals surface area contributed by atoms with Gasteiger partial charge in [0.2, 0.25) is 0 Å². The van der Waals surface area contributed by atoms with Crippen LogP contribution < -0.4 is 5.32 Å². The highest BCUT2D eigenvalue weighted by molar-refractivity contribution is 5.94. The molecule has 2 N–H and O–H groups in total. The number of nitrogens with zero attached hydrogens (tertiary/aromatic N) is 2. The fraction of sp³-hybridized carbons (Fsp3) is 0.545. The molecule has 0 radical (unpaired) electrons. The predicted octanol–water partition coefficient (Wildman–Crippen LogP) is 3.59. The maximum Gasteiger partial charge on any atom is 0.272 e. The second-order valence-corrected chi connectivity index (χ2v) is 8.05. The van der Waals surface area contributed by atoms with Gasteiger partial charge in [0.05, 0.1) is 0 Å². The van der Waals surface area contributed by atoms with Gasteiger partial charge in [0.25, 0.3) is 5.91 Å². The maximum absolute atomic E-state index is 12.5. The van der Waals surface area contributed by atoms with Crippen LogP contribution >= 0.6 is 0 Å². The van der Waals surface area contributed by atoms with Crippen LogP contribution in [0.15, 0.2) is 24.3 Å². The lowest BCUT2D eigenvalue weighted by molar-refractivity contribution is 0.0945. The minimum atomic E-state index is -0.0689. The van der Waals surface area contributed by atoms with Crippen molar-refractivity contribution in [1.82, 2.24) is 20.4 Å². The molecule has 1 unspecified atom stereocenters. The van der Waals surface area contributed by atoms with Crippen LogP contribution in [0.4, 0.5) is 0 Å². The van der Waals surface area contributed by atoms with E-state index in [1.165, 1.54) is 37.8 Å². The van der Waals surface area contributed by atoms with E-state index in [0.29, 0.717) is 18.3 Å². The lowest BCUT2D eigenvalue weighted by Crippen LogP contribution is -2.36. The first kappa shape index (κ1) is 18.2. The number of rotatable bonds is 5. The highest BCUT2D eigenvalue weighted by Crippen LogP contribution is 2.22. The van der Waals surface area contributed by atoms with Gasteiger partial charge in [0.15, 0.2) is 5.69 Å². The molecule has 1 aromatic carbocycles. The van der Waals surface area contributed by atoms with Crippen molar-refractivity contribution in [2.45, 2.75) is 71.0 Å². The van der Waals surface area contributed by atoms with E-state index in [0.717, 1.165) is 42.6 Å². The standard InChI is InChI=1S/C22H30N4O/c1-16-6-4-5-13-26(16)15-18-11-9-17(10-12-18)14-23-22(27)21-19-7-2-3-8-20(19)24-25-21/h9-12,16H,2-8,13-15H2,1H3,(H,23,27)(H,24,25). The Morgan fingerprint density at radius 3 is 2.74 bits per heavy atom. The number of piperidine rings is 1. The van der Waals surface area contributed by atoms with Crippen LogP contribution in [0.5, 0.6) is 0 Å². The lowest BCUT2D eigenvalue weighted by atomic mass is 9.96. The van der Waals surface area contributed by atoms with Gasteiger partial charge in [-0.05, 0) is 63.1 Å². The smallest absolute Gasteiger partial charge is 0.272 e. The van der Waals surface area contributed by atoms with Crippen LogP contribution in [0.2, 0.25) is 0 Å². The maximum atomic E-state index is 12.5. The number of amides is 1. The molecule has 27 heavy (non-hydrogen) atoms. The number of nitrogens with one attached hydrogen (secondary N) is 2. The second-order valence-electron chi connectivity index (χ2n) is 8.05. The molecule has 1 aliphatic heterocycles. The number of hydrogen-bond donors (Lipinski definition) is 2. The van der Waals surface area contributed by atoms with Gasteiger partial charge in [-0.1, -0.05) is 30.7 Å². The quantitative estimate of drug-likeness (QED) is 0.850. The summed E-state index contributed by atoms with van der Waals surface area (Å²) in [6.45, 7) is 5.10. The fourth-order valence-corrected chi connectivity index (χ4v) is 4.32. The minimum absolute atomic E-state index is 0.0689. The van der Waals surface area contributed by atoms with Gasteiger partial charge >= 0.3 is 0 Å². The molecule has 1 amide bonds. The largest absolute Gasteiger partial charge is 0.347 e. The molecule has 1 aromatic heterocycles. The van der Waals surface area contributed by atoms with Crippen LogP contribution in [-0.2, 0) is 25.9 Å². The van der Waals surface area contributed by atoms with Crippen molar-refractivity contribution in [3.63, 3.8) is 0 Å². The molecule has 2 aliphatic rings. The third-order valence-electron chi connectivity index (χ3n) is 6.07. The summed E-state index contributed by atoms with van der Waals surface area (Å²) in [5.74, 6) is -0.0689. The van der Waals surface area contributed by atoms with E-state index in [1.807, 2.05) is 0 Å². The Morgan fingerprint density at radius 1 is 1.15 bits per heavy atom. The molecule has 1 fully saturated rings. The van der Waals surface area contributed by atoms with Gasteiger partial charge < -0.3 is 5.32 Å². The third-order valence-corrected chi connectivity index (χ3v) is 6.07. The molecule has 5 nitrogen and oxygen atoms in total. The van der Waals surface area contributed by atoms with E-state index in [2.05, 4.69) is 51.6 Å². The topological polar surface area (TPSA) is 61.0 Å². The minimum Gasteiger partial charge on any atom is -0.347 e. The van der Waals surface area contributed by atoms with E-state index < -0.39 is 0 Å². The van der Waals surface area contributed by atoms with E-state index in [1.54, 1.807) is 0 Å². The number of hydrogen-bond acceptors (Lipinski definition) is 3. The highest BCUT2D eigenvalue weighted by Gasteiger charge is 2.21. The molecule has 0 spiro atoms. The summed E-state index contributed by atoms with van der Waals surface area (Å²) in [4.78, 5) is 15.1. The van der Waals surface area contributed by atoms with Gasteiger partial charge in [0, 0.05) is 30.4 Å². The summed E-state index contributed by atoms with van der Waals surface area (Å²) in [6, 6.07) is 9.32. The third kappa shape index (κ3) is 4.24. The molecule has 0 saturated carbocycles. The second kappa shape index (κ2) is 8.26. The number of H-pyrrole nitrogens is 1.